The Morgan fingerprint density at radius 3 is 2.86 bits per heavy atom. The second kappa shape index (κ2) is 4.63. The standard InChI is InChI=1S/C12H24N2/c1-9(2)5-12-6-11-7-13-4-3-10(11)8-14-12/h9-14H,3-8H2,1-2H3. The first-order valence-corrected chi connectivity index (χ1v) is 6.20. The molecule has 2 nitrogen and oxygen atoms in total. The first-order chi connectivity index (χ1) is 6.75. The largest absolute Gasteiger partial charge is 0.316 e. The van der Waals surface area contributed by atoms with Crippen LogP contribution in [0.2, 0.25) is 0 Å². The molecule has 2 aliphatic heterocycles. The quantitative estimate of drug-likeness (QED) is 0.701. The Hall–Kier alpha value is -0.0800. The summed E-state index contributed by atoms with van der Waals surface area (Å²) in [5, 5.41) is 7.25. The summed E-state index contributed by atoms with van der Waals surface area (Å²) in [5.41, 5.74) is 0. The highest BCUT2D eigenvalue weighted by molar-refractivity contribution is 4.88. The number of nitrogens with one attached hydrogen (secondary N) is 2. The average molecular weight is 196 g/mol. The Bertz CT molecular complexity index is 179. The van der Waals surface area contributed by atoms with Gasteiger partial charge in [0.2, 0.25) is 0 Å². The summed E-state index contributed by atoms with van der Waals surface area (Å²) in [6.07, 6.45) is 4.13. The smallest absolute Gasteiger partial charge is 0.00728 e. The summed E-state index contributed by atoms with van der Waals surface area (Å²) in [6, 6.07) is 0.788. The van der Waals surface area contributed by atoms with Crippen molar-refractivity contribution in [3.8, 4) is 0 Å². The summed E-state index contributed by atoms with van der Waals surface area (Å²) in [5.74, 6) is 2.74. The van der Waals surface area contributed by atoms with Crippen molar-refractivity contribution < 1.29 is 0 Å². The first-order valence-electron chi connectivity index (χ1n) is 6.20. The van der Waals surface area contributed by atoms with Gasteiger partial charge in [0.1, 0.15) is 0 Å². The molecule has 2 rings (SSSR count). The van der Waals surface area contributed by atoms with E-state index in [1.807, 2.05) is 0 Å². The zero-order valence-corrected chi connectivity index (χ0v) is 9.55. The minimum Gasteiger partial charge on any atom is -0.316 e. The molecule has 0 aromatic rings. The molecule has 3 atom stereocenters. The molecule has 2 N–H and O–H groups in total. The van der Waals surface area contributed by atoms with Gasteiger partial charge in [-0.2, -0.15) is 0 Å². The van der Waals surface area contributed by atoms with Gasteiger partial charge in [-0.15, -0.1) is 0 Å². The SMILES string of the molecule is CC(C)CC1CC2CNCCC2CN1. The second-order valence-electron chi connectivity index (χ2n) is 5.48. The summed E-state index contributed by atoms with van der Waals surface area (Å²) in [6.45, 7) is 8.42. The van der Waals surface area contributed by atoms with E-state index >= 15 is 0 Å². The van der Waals surface area contributed by atoms with E-state index in [0.29, 0.717) is 0 Å². The predicted octanol–water partition coefficient (Wildman–Crippen LogP) is 1.62. The highest BCUT2D eigenvalue weighted by Crippen LogP contribution is 2.28. The maximum atomic E-state index is 3.72. The van der Waals surface area contributed by atoms with Gasteiger partial charge in [0.15, 0.2) is 0 Å². The monoisotopic (exact) mass is 196 g/mol. The number of hydrogen-bond donors (Lipinski definition) is 2. The third kappa shape index (κ3) is 2.48. The number of piperidine rings is 2. The molecule has 2 fully saturated rings. The molecule has 2 saturated heterocycles. The molecular formula is C12H24N2. The Labute approximate surface area is 87.8 Å². The maximum absolute atomic E-state index is 3.72. The van der Waals surface area contributed by atoms with Crippen LogP contribution in [-0.2, 0) is 0 Å². The molecule has 2 aliphatic rings. The molecule has 0 aromatic carbocycles. The molecule has 82 valence electrons. The van der Waals surface area contributed by atoms with Gasteiger partial charge < -0.3 is 10.6 Å². The van der Waals surface area contributed by atoms with Crippen molar-refractivity contribution in [3.63, 3.8) is 0 Å². The lowest BCUT2D eigenvalue weighted by molar-refractivity contribution is 0.157. The van der Waals surface area contributed by atoms with Gasteiger partial charge in [-0.3, -0.25) is 0 Å². The van der Waals surface area contributed by atoms with Gasteiger partial charge in [0.05, 0.1) is 0 Å². The van der Waals surface area contributed by atoms with Crippen LogP contribution in [0.1, 0.15) is 33.1 Å². The van der Waals surface area contributed by atoms with Crippen LogP contribution in [0.5, 0.6) is 0 Å². The van der Waals surface area contributed by atoms with E-state index in [1.54, 1.807) is 0 Å². The Morgan fingerprint density at radius 2 is 2.07 bits per heavy atom. The molecule has 0 aliphatic carbocycles. The van der Waals surface area contributed by atoms with Crippen LogP contribution in [0, 0.1) is 17.8 Å². The molecule has 2 heteroatoms. The normalized spacial score (nSPS) is 38.4. The minimum atomic E-state index is 0.788. The van der Waals surface area contributed by atoms with E-state index in [4.69, 9.17) is 0 Å². The second-order valence-corrected chi connectivity index (χ2v) is 5.48. The summed E-state index contributed by atoms with van der Waals surface area (Å²) in [7, 11) is 0. The molecule has 0 radical (unpaired) electrons. The summed E-state index contributed by atoms with van der Waals surface area (Å²) in [4.78, 5) is 0. The molecule has 0 saturated carbocycles. The van der Waals surface area contributed by atoms with Gasteiger partial charge in [0.25, 0.3) is 0 Å². The Kier molecular flexibility index (Phi) is 3.45. The lowest BCUT2D eigenvalue weighted by Gasteiger charge is -2.40. The molecule has 3 unspecified atom stereocenters. The zero-order chi connectivity index (χ0) is 9.97. The third-order valence-electron chi connectivity index (χ3n) is 3.78. The van der Waals surface area contributed by atoms with Crippen molar-refractivity contribution in [2.24, 2.45) is 17.8 Å². The predicted molar refractivity (Wildman–Crippen MR) is 60.3 cm³/mol. The molecule has 0 aromatic heterocycles. The fraction of sp³-hybridized carbons (Fsp3) is 1.00. The van der Waals surface area contributed by atoms with Gasteiger partial charge in [-0.05, 0) is 56.7 Å². The van der Waals surface area contributed by atoms with Crippen LogP contribution in [0.15, 0.2) is 0 Å². The minimum absolute atomic E-state index is 0.788. The van der Waals surface area contributed by atoms with Crippen molar-refractivity contribution in [1.82, 2.24) is 10.6 Å². The van der Waals surface area contributed by atoms with Gasteiger partial charge in [0, 0.05) is 6.04 Å². The molecule has 2 heterocycles. The topological polar surface area (TPSA) is 24.1 Å². The number of rotatable bonds is 2. The van der Waals surface area contributed by atoms with Gasteiger partial charge in [-0.25, -0.2) is 0 Å². The van der Waals surface area contributed by atoms with Crippen molar-refractivity contribution in [2.75, 3.05) is 19.6 Å². The van der Waals surface area contributed by atoms with E-state index in [1.165, 1.54) is 38.9 Å². The van der Waals surface area contributed by atoms with E-state index in [0.717, 1.165) is 23.8 Å². The fourth-order valence-corrected chi connectivity index (χ4v) is 3.04. The highest BCUT2D eigenvalue weighted by atomic mass is 15.0. The molecule has 0 bridgehead atoms. The fourth-order valence-electron chi connectivity index (χ4n) is 3.04. The van der Waals surface area contributed by atoms with E-state index in [9.17, 15) is 0 Å². The van der Waals surface area contributed by atoms with Crippen molar-refractivity contribution in [3.05, 3.63) is 0 Å². The van der Waals surface area contributed by atoms with Crippen molar-refractivity contribution in [2.45, 2.75) is 39.2 Å². The molecule has 0 amide bonds. The van der Waals surface area contributed by atoms with Crippen LogP contribution in [0.3, 0.4) is 0 Å². The van der Waals surface area contributed by atoms with Crippen LogP contribution < -0.4 is 10.6 Å². The van der Waals surface area contributed by atoms with Crippen LogP contribution in [0.25, 0.3) is 0 Å². The van der Waals surface area contributed by atoms with E-state index < -0.39 is 0 Å². The van der Waals surface area contributed by atoms with Crippen molar-refractivity contribution in [1.29, 1.82) is 0 Å². The maximum Gasteiger partial charge on any atom is 0.00728 e. The average Bonchev–Trinajstić information content (AvgIpc) is 2.17. The Balaban J connectivity index is 1.83. The highest BCUT2D eigenvalue weighted by Gasteiger charge is 2.31. The Morgan fingerprint density at radius 1 is 1.21 bits per heavy atom. The van der Waals surface area contributed by atoms with Gasteiger partial charge >= 0.3 is 0 Å². The van der Waals surface area contributed by atoms with Gasteiger partial charge in [-0.1, -0.05) is 13.8 Å². The van der Waals surface area contributed by atoms with E-state index in [-0.39, 0.29) is 0 Å². The molecule has 0 spiro atoms. The lowest BCUT2D eigenvalue weighted by Crippen LogP contribution is -2.50. The van der Waals surface area contributed by atoms with Crippen molar-refractivity contribution >= 4 is 0 Å². The summed E-state index contributed by atoms with van der Waals surface area (Å²) < 4.78 is 0. The first kappa shape index (κ1) is 10.4. The number of hydrogen-bond acceptors (Lipinski definition) is 2. The third-order valence-corrected chi connectivity index (χ3v) is 3.78. The molecular weight excluding hydrogens is 172 g/mol. The number of fused-ring (bicyclic) bond motifs is 1. The van der Waals surface area contributed by atoms with Crippen LogP contribution in [-0.4, -0.2) is 25.7 Å². The zero-order valence-electron chi connectivity index (χ0n) is 9.55. The van der Waals surface area contributed by atoms with Crippen LogP contribution >= 0.6 is 0 Å². The molecule has 14 heavy (non-hydrogen) atoms. The summed E-state index contributed by atoms with van der Waals surface area (Å²) >= 11 is 0. The van der Waals surface area contributed by atoms with E-state index in [2.05, 4.69) is 24.5 Å². The van der Waals surface area contributed by atoms with Crippen LogP contribution in [0.4, 0.5) is 0 Å². The lowest BCUT2D eigenvalue weighted by atomic mass is 9.77.